The summed E-state index contributed by atoms with van der Waals surface area (Å²) in [5.41, 5.74) is 1.98. The van der Waals surface area contributed by atoms with Gasteiger partial charge in [0.25, 0.3) is 0 Å². The van der Waals surface area contributed by atoms with Crippen molar-refractivity contribution in [2.24, 2.45) is 0 Å². The molecule has 1 saturated heterocycles. The number of carbonyl (C=O) groups is 3. The monoisotopic (exact) mass is 352 g/mol. The summed E-state index contributed by atoms with van der Waals surface area (Å²) in [4.78, 5) is 37.2. The molecule has 1 aliphatic heterocycles. The van der Waals surface area contributed by atoms with Crippen molar-refractivity contribution in [3.8, 4) is 0 Å². The molecule has 1 fully saturated rings. The average Bonchev–Trinajstić information content (AvgIpc) is 2.95. The first-order chi connectivity index (χ1) is 12.5. The lowest BCUT2D eigenvalue weighted by Crippen LogP contribution is -2.39. The Morgan fingerprint density at radius 3 is 2.38 bits per heavy atom. The SMILES string of the molecule is CC(=O)Nc1cccc(NC(=O)N[C@@H]2CC(=O)N(c3ccccc3)C2)c1. The summed E-state index contributed by atoms with van der Waals surface area (Å²) in [6, 6.07) is 15.6. The van der Waals surface area contributed by atoms with Crippen molar-refractivity contribution in [1.82, 2.24) is 5.32 Å². The van der Waals surface area contributed by atoms with Crippen molar-refractivity contribution in [3.05, 3.63) is 54.6 Å². The van der Waals surface area contributed by atoms with Crippen molar-refractivity contribution in [2.45, 2.75) is 19.4 Å². The Bertz CT molecular complexity index is 823. The van der Waals surface area contributed by atoms with Crippen molar-refractivity contribution in [3.63, 3.8) is 0 Å². The van der Waals surface area contributed by atoms with Gasteiger partial charge in [-0.05, 0) is 30.3 Å². The highest BCUT2D eigenvalue weighted by atomic mass is 16.2. The minimum Gasteiger partial charge on any atom is -0.333 e. The van der Waals surface area contributed by atoms with E-state index in [2.05, 4.69) is 16.0 Å². The zero-order valence-corrected chi connectivity index (χ0v) is 14.4. The van der Waals surface area contributed by atoms with E-state index in [1.807, 2.05) is 30.3 Å². The molecule has 0 radical (unpaired) electrons. The highest BCUT2D eigenvalue weighted by molar-refractivity contribution is 5.98. The lowest BCUT2D eigenvalue weighted by molar-refractivity contribution is -0.117. The zero-order valence-electron chi connectivity index (χ0n) is 14.4. The number of hydrogen-bond acceptors (Lipinski definition) is 3. The van der Waals surface area contributed by atoms with Gasteiger partial charge in [-0.25, -0.2) is 4.79 Å². The van der Waals surface area contributed by atoms with Crippen LogP contribution in [0.5, 0.6) is 0 Å². The quantitative estimate of drug-likeness (QED) is 0.790. The number of nitrogens with one attached hydrogen (secondary N) is 3. The van der Waals surface area contributed by atoms with Crippen LogP contribution in [0.3, 0.4) is 0 Å². The number of hydrogen-bond donors (Lipinski definition) is 3. The van der Waals surface area contributed by atoms with Gasteiger partial charge in [0.1, 0.15) is 0 Å². The molecule has 0 saturated carbocycles. The summed E-state index contributed by atoms with van der Waals surface area (Å²) in [6.07, 6.45) is 0.258. The number of urea groups is 1. The molecular formula is C19H20N4O3. The minimum atomic E-state index is -0.391. The van der Waals surface area contributed by atoms with Gasteiger partial charge in [0.15, 0.2) is 0 Å². The largest absolute Gasteiger partial charge is 0.333 e. The number of carbonyl (C=O) groups excluding carboxylic acids is 3. The first-order valence-corrected chi connectivity index (χ1v) is 8.32. The van der Waals surface area contributed by atoms with E-state index in [1.165, 1.54) is 6.92 Å². The van der Waals surface area contributed by atoms with Crippen LogP contribution in [0.25, 0.3) is 0 Å². The summed E-state index contributed by atoms with van der Waals surface area (Å²) in [5.74, 6) is -0.203. The fourth-order valence-corrected chi connectivity index (χ4v) is 2.89. The van der Waals surface area contributed by atoms with E-state index in [-0.39, 0.29) is 24.3 Å². The van der Waals surface area contributed by atoms with Gasteiger partial charge < -0.3 is 20.9 Å². The molecule has 7 heteroatoms. The van der Waals surface area contributed by atoms with Crippen molar-refractivity contribution < 1.29 is 14.4 Å². The molecule has 1 aliphatic rings. The maximum absolute atomic E-state index is 12.2. The second-order valence-corrected chi connectivity index (χ2v) is 6.10. The summed E-state index contributed by atoms with van der Waals surface area (Å²) >= 11 is 0. The van der Waals surface area contributed by atoms with E-state index in [0.717, 1.165) is 5.69 Å². The molecule has 0 unspecified atom stereocenters. The first kappa shape index (κ1) is 17.5. The molecule has 4 amide bonds. The molecule has 0 aliphatic carbocycles. The first-order valence-electron chi connectivity index (χ1n) is 8.32. The van der Waals surface area contributed by atoms with Gasteiger partial charge in [0.2, 0.25) is 11.8 Å². The van der Waals surface area contributed by atoms with Crippen LogP contribution >= 0.6 is 0 Å². The topological polar surface area (TPSA) is 90.5 Å². The van der Waals surface area contributed by atoms with E-state index in [4.69, 9.17) is 0 Å². The van der Waals surface area contributed by atoms with Gasteiger partial charge in [-0.3, -0.25) is 9.59 Å². The maximum atomic E-state index is 12.2. The molecule has 1 atom stereocenters. The zero-order chi connectivity index (χ0) is 18.5. The molecule has 7 nitrogen and oxygen atoms in total. The number of amides is 4. The molecule has 1 heterocycles. The highest BCUT2D eigenvalue weighted by Crippen LogP contribution is 2.21. The Morgan fingerprint density at radius 1 is 1.00 bits per heavy atom. The maximum Gasteiger partial charge on any atom is 0.319 e. The number of para-hydroxylation sites is 1. The fraction of sp³-hybridized carbons (Fsp3) is 0.211. The van der Waals surface area contributed by atoms with Crippen LogP contribution in [-0.4, -0.2) is 30.4 Å². The molecule has 3 N–H and O–H groups in total. The minimum absolute atomic E-state index is 0.0193. The summed E-state index contributed by atoms with van der Waals surface area (Å²) in [7, 11) is 0. The predicted molar refractivity (Wildman–Crippen MR) is 100 cm³/mol. The van der Waals surface area contributed by atoms with Crippen LogP contribution in [0, 0.1) is 0 Å². The van der Waals surface area contributed by atoms with Gasteiger partial charge in [0, 0.05) is 37.0 Å². The normalized spacial score (nSPS) is 16.3. The Hall–Kier alpha value is -3.35. The van der Waals surface area contributed by atoms with Crippen molar-refractivity contribution in [1.29, 1.82) is 0 Å². The second-order valence-electron chi connectivity index (χ2n) is 6.10. The highest BCUT2D eigenvalue weighted by Gasteiger charge is 2.31. The summed E-state index contributed by atoms with van der Waals surface area (Å²) < 4.78 is 0. The molecule has 0 spiro atoms. The van der Waals surface area contributed by atoms with Crippen LogP contribution in [0.2, 0.25) is 0 Å². The van der Waals surface area contributed by atoms with E-state index in [9.17, 15) is 14.4 Å². The molecular weight excluding hydrogens is 332 g/mol. The van der Waals surface area contributed by atoms with Gasteiger partial charge in [-0.15, -0.1) is 0 Å². The van der Waals surface area contributed by atoms with Gasteiger partial charge in [-0.1, -0.05) is 24.3 Å². The Kier molecular flexibility index (Phi) is 5.17. The molecule has 26 heavy (non-hydrogen) atoms. The van der Waals surface area contributed by atoms with Crippen LogP contribution in [0.4, 0.5) is 21.9 Å². The molecule has 2 aromatic rings. The van der Waals surface area contributed by atoms with E-state index in [1.54, 1.807) is 29.2 Å². The van der Waals surface area contributed by atoms with Crippen molar-refractivity contribution >= 4 is 34.9 Å². The van der Waals surface area contributed by atoms with Crippen LogP contribution in [0.15, 0.2) is 54.6 Å². The third-order valence-corrected chi connectivity index (χ3v) is 3.97. The fourth-order valence-electron chi connectivity index (χ4n) is 2.89. The summed E-state index contributed by atoms with van der Waals surface area (Å²) in [6.45, 7) is 1.85. The third kappa shape index (κ3) is 4.38. The molecule has 0 bridgehead atoms. The van der Waals surface area contributed by atoms with Crippen LogP contribution in [-0.2, 0) is 9.59 Å². The number of nitrogens with zero attached hydrogens (tertiary/aromatic N) is 1. The van der Waals surface area contributed by atoms with E-state index >= 15 is 0 Å². The lowest BCUT2D eigenvalue weighted by Gasteiger charge is -2.17. The molecule has 2 aromatic carbocycles. The van der Waals surface area contributed by atoms with Gasteiger partial charge >= 0.3 is 6.03 Å². The lowest BCUT2D eigenvalue weighted by atomic mass is 10.2. The van der Waals surface area contributed by atoms with Crippen LogP contribution in [0.1, 0.15) is 13.3 Å². The standard InChI is InChI=1S/C19H20N4O3/c1-13(24)20-14-6-5-7-15(10-14)21-19(26)22-16-11-18(25)23(12-16)17-8-3-2-4-9-17/h2-10,16H,11-12H2,1H3,(H,20,24)(H2,21,22,26)/t16-/m1/s1. The van der Waals surface area contributed by atoms with Gasteiger partial charge in [0.05, 0.1) is 6.04 Å². The Balaban J connectivity index is 1.57. The second kappa shape index (κ2) is 7.69. The van der Waals surface area contributed by atoms with E-state index < -0.39 is 6.03 Å². The summed E-state index contributed by atoms with van der Waals surface area (Å²) in [5, 5.41) is 8.20. The number of rotatable bonds is 4. The Morgan fingerprint density at radius 2 is 1.69 bits per heavy atom. The van der Waals surface area contributed by atoms with E-state index in [0.29, 0.717) is 17.9 Å². The number of benzene rings is 2. The van der Waals surface area contributed by atoms with Crippen LogP contribution < -0.4 is 20.9 Å². The third-order valence-electron chi connectivity index (χ3n) is 3.97. The number of anilines is 3. The molecule has 3 rings (SSSR count). The smallest absolute Gasteiger partial charge is 0.319 e. The molecule has 134 valence electrons. The average molecular weight is 352 g/mol. The molecule has 0 aromatic heterocycles. The predicted octanol–water partition coefficient (Wildman–Crippen LogP) is 2.57. The van der Waals surface area contributed by atoms with Crippen molar-refractivity contribution in [2.75, 3.05) is 22.1 Å². The Labute approximate surface area is 151 Å². The van der Waals surface area contributed by atoms with Gasteiger partial charge in [-0.2, -0.15) is 0 Å².